The first kappa shape index (κ1) is 14.7. The van der Waals surface area contributed by atoms with Crippen molar-refractivity contribution in [3.63, 3.8) is 0 Å². The van der Waals surface area contributed by atoms with E-state index in [9.17, 15) is 4.79 Å². The van der Waals surface area contributed by atoms with Gasteiger partial charge in [-0.1, -0.05) is 20.8 Å². The van der Waals surface area contributed by atoms with E-state index in [2.05, 4.69) is 31.0 Å². The van der Waals surface area contributed by atoms with E-state index in [4.69, 9.17) is 5.73 Å². The second-order valence-corrected chi connectivity index (χ2v) is 6.65. The van der Waals surface area contributed by atoms with Crippen molar-refractivity contribution in [3.8, 4) is 0 Å². The molecule has 1 heterocycles. The molecule has 0 aliphatic carbocycles. The molecule has 3 N–H and O–H groups in total. The molecule has 0 bridgehead atoms. The third-order valence-corrected chi connectivity index (χ3v) is 4.27. The topological polar surface area (TPSA) is 58.4 Å². The average molecular weight is 275 g/mol. The number of nitrogens with one attached hydrogen (secondary N) is 1. The molecule has 1 aromatic carbocycles. The molecule has 0 radical (unpaired) electrons. The first-order valence-electron chi connectivity index (χ1n) is 7.19. The summed E-state index contributed by atoms with van der Waals surface area (Å²) in [4.78, 5) is 13.9. The fourth-order valence-electron chi connectivity index (χ4n) is 2.81. The monoisotopic (exact) mass is 275 g/mol. The highest BCUT2D eigenvalue weighted by atomic mass is 16.1. The van der Waals surface area contributed by atoms with Crippen LogP contribution in [0.5, 0.6) is 0 Å². The third-order valence-electron chi connectivity index (χ3n) is 4.27. The zero-order chi connectivity index (χ0) is 14.9. The molecule has 4 heteroatoms. The van der Waals surface area contributed by atoms with Gasteiger partial charge in [-0.15, -0.1) is 0 Å². The normalized spacial score (nSPS) is 19.2. The van der Waals surface area contributed by atoms with Crippen LogP contribution in [0.2, 0.25) is 0 Å². The number of benzene rings is 1. The van der Waals surface area contributed by atoms with Crippen LogP contribution in [0, 0.1) is 11.3 Å². The maximum atomic E-state index is 11.6. The molecule has 2 rings (SSSR count). The molecule has 1 aliphatic heterocycles. The number of nitrogen functional groups attached to an aromatic ring is 1. The maximum Gasteiger partial charge on any atom is 0.251 e. The van der Waals surface area contributed by atoms with E-state index in [-0.39, 0.29) is 5.91 Å². The van der Waals surface area contributed by atoms with Crippen LogP contribution in [0.4, 0.5) is 11.4 Å². The van der Waals surface area contributed by atoms with Gasteiger partial charge in [0, 0.05) is 25.7 Å². The lowest BCUT2D eigenvalue weighted by Gasteiger charge is -2.28. The minimum atomic E-state index is -0.0998. The fraction of sp³-hybridized carbons (Fsp3) is 0.562. The van der Waals surface area contributed by atoms with Gasteiger partial charge in [0.15, 0.2) is 0 Å². The van der Waals surface area contributed by atoms with Crippen LogP contribution in [0.3, 0.4) is 0 Å². The largest absolute Gasteiger partial charge is 0.397 e. The Morgan fingerprint density at radius 2 is 2.10 bits per heavy atom. The Labute approximate surface area is 121 Å². The van der Waals surface area contributed by atoms with E-state index in [0.717, 1.165) is 18.8 Å². The predicted octanol–water partition coefficient (Wildman–Crippen LogP) is 2.50. The number of rotatable bonds is 2. The molecule has 110 valence electrons. The number of anilines is 2. The van der Waals surface area contributed by atoms with Gasteiger partial charge in [-0.25, -0.2) is 0 Å². The zero-order valence-corrected chi connectivity index (χ0v) is 12.9. The van der Waals surface area contributed by atoms with Gasteiger partial charge in [-0.3, -0.25) is 4.79 Å². The highest BCUT2D eigenvalue weighted by molar-refractivity contribution is 5.96. The minimum absolute atomic E-state index is 0.0998. The highest BCUT2D eigenvalue weighted by Gasteiger charge is 2.32. The Bertz CT molecular complexity index is 505. The van der Waals surface area contributed by atoms with Crippen molar-refractivity contribution >= 4 is 17.3 Å². The Hall–Kier alpha value is -1.71. The van der Waals surface area contributed by atoms with Crippen molar-refractivity contribution in [3.05, 3.63) is 23.8 Å². The molecular weight excluding hydrogens is 250 g/mol. The molecule has 0 spiro atoms. The van der Waals surface area contributed by atoms with Gasteiger partial charge in [0.1, 0.15) is 0 Å². The summed E-state index contributed by atoms with van der Waals surface area (Å²) >= 11 is 0. The van der Waals surface area contributed by atoms with Crippen molar-refractivity contribution in [1.82, 2.24) is 5.32 Å². The Balaban J connectivity index is 2.17. The van der Waals surface area contributed by atoms with Gasteiger partial charge in [0.05, 0.1) is 11.4 Å². The first-order chi connectivity index (χ1) is 9.32. The van der Waals surface area contributed by atoms with Crippen molar-refractivity contribution in [1.29, 1.82) is 0 Å². The van der Waals surface area contributed by atoms with Gasteiger partial charge >= 0.3 is 0 Å². The van der Waals surface area contributed by atoms with Gasteiger partial charge in [-0.2, -0.15) is 0 Å². The van der Waals surface area contributed by atoms with Gasteiger partial charge in [-0.05, 0) is 36.0 Å². The van der Waals surface area contributed by atoms with Crippen LogP contribution in [-0.4, -0.2) is 26.0 Å². The van der Waals surface area contributed by atoms with E-state index in [1.54, 1.807) is 13.1 Å². The molecule has 0 saturated carbocycles. The van der Waals surface area contributed by atoms with E-state index in [1.807, 2.05) is 12.1 Å². The molecule has 20 heavy (non-hydrogen) atoms. The number of carbonyl (C=O) groups excluding carboxylic acids is 1. The summed E-state index contributed by atoms with van der Waals surface area (Å²) in [6.45, 7) is 8.94. The van der Waals surface area contributed by atoms with Crippen molar-refractivity contribution in [2.45, 2.75) is 27.2 Å². The van der Waals surface area contributed by atoms with Crippen LogP contribution in [0.15, 0.2) is 18.2 Å². The lowest BCUT2D eigenvalue weighted by molar-refractivity contribution is 0.0963. The number of nitrogens with two attached hydrogens (primary N) is 1. The predicted molar refractivity (Wildman–Crippen MR) is 84.0 cm³/mol. The molecular formula is C16H25N3O. The second-order valence-electron chi connectivity index (χ2n) is 6.65. The lowest BCUT2D eigenvalue weighted by atomic mass is 9.80. The first-order valence-corrected chi connectivity index (χ1v) is 7.19. The molecule has 1 saturated heterocycles. The Kier molecular flexibility index (Phi) is 3.93. The molecule has 1 aliphatic rings. The maximum absolute atomic E-state index is 11.6. The van der Waals surface area contributed by atoms with E-state index in [0.29, 0.717) is 22.6 Å². The molecule has 1 aromatic rings. The number of nitrogens with zero attached hydrogens (tertiary/aromatic N) is 1. The smallest absolute Gasteiger partial charge is 0.251 e. The van der Waals surface area contributed by atoms with Crippen LogP contribution in [-0.2, 0) is 0 Å². The summed E-state index contributed by atoms with van der Waals surface area (Å²) in [5, 5.41) is 2.62. The average Bonchev–Trinajstić information content (AvgIpc) is 2.87. The fourth-order valence-corrected chi connectivity index (χ4v) is 2.81. The molecule has 1 amide bonds. The summed E-state index contributed by atoms with van der Waals surface area (Å²) in [6, 6.07) is 5.57. The standard InChI is InChI=1S/C16H25N3O/c1-16(2,3)12-7-8-19(10-12)14-6-5-11(9-13(14)17)15(20)18-4/h5-6,9,12H,7-8,10,17H2,1-4H3,(H,18,20). The summed E-state index contributed by atoms with van der Waals surface area (Å²) in [7, 11) is 1.63. The number of carbonyl (C=O) groups is 1. The molecule has 1 unspecified atom stereocenters. The van der Waals surface area contributed by atoms with Crippen LogP contribution >= 0.6 is 0 Å². The molecule has 4 nitrogen and oxygen atoms in total. The van der Waals surface area contributed by atoms with Crippen LogP contribution in [0.1, 0.15) is 37.6 Å². The molecule has 1 atom stereocenters. The van der Waals surface area contributed by atoms with E-state index in [1.165, 1.54) is 6.42 Å². The Morgan fingerprint density at radius 3 is 2.60 bits per heavy atom. The zero-order valence-electron chi connectivity index (χ0n) is 12.9. The van der Waals surface area contributed by atoms with Crippen LogP contribution < -0.4 is 16.0 Å². The quantitative estimate of drug-likeness (QED) is 0.815. The summed E-state index contributed by atoms with van der Waals surface area (Å²) in [6.07, 6.45) is 1.19. The minimum Gasteiger partial charge on any atom is -0.397 e. The highest BCUT2D eigenvalue weighted by Crippen LogP contribution is 2.37. The molecule has 1 fully saturated rings. The van der Waals surface area contributed by atoms with Crippen molar-refractivity contribution in [2.75, 3.05) is 30.8 Å². The lowest BCUT2D eigenvalue weighted by Crippen LogP contribution is -2.26. The number of amides is 1. The second kappa shape index (κ2) is 5.35. The summed E-state index contributed by atoms with van der Waals surface area (Å²) < 4.78 is 0. The summed E-state index contributed by atoms with van der Waals surface area (Å²) in [5.41, 5.74) is 8.79. The number of hydrogen-bond donors (Lipinski definition) is 2. The summed E-state index contributed by atoms with van der Waals surface area (Å²) in [5.74, 6) is 0.581. The van der Waals surface area contributed by atoms with Crippen molar-refractivity contribution in [2.24, 2.45) is 11.3 Å². The SMILES string of the molecule is CNC(=O)c1ccc(N2CCC(C(C)(C)C)C2)c(N)c1. The van der Waals surface area contributed by atoms with Crippen LogP contribution in [0.25, 0.3) is 0 Å². The van der Waals surface area contributed by atoms with Gasteiger partial charge < -0.3 is 16.0 Å². The van der Waals surface area contributed by atoms with Crippen molar-refractivity contribution < 1.29 is 4.79 Å². The van der Waals surface area contributed by atoms with Gasteiger partial charge in [0.25, 0.3) is 5.91 Å². The number of hydrogen-bond acceptors (Lipinski definition) is 3. The Morgan fingerprint density at radius 1 is 1.40 bits per heavy atom. The third kappa shape index (κ3) is 2.89. The molecule has 0 aromatic heterocycles. The van der Waals surface area contributed by atoms with E-state index < -0.39 is 0 Å². The van der Waals surface area contributed by atoms with Gasteiger partial charge in [0.2, 0.25) is 0 Å². The van der Waals surface area contributed by atoms with E-state index >= 15 is 0 Å².